The molecule has 14 rings (SSSR count). The summed E-state index contributed by atoms with van der Waals surface area (Å²) in [5.74, 6) is -0.0271. The number of hydrogen-bond acceptors (Lipinski definition) is 17. The second kappa shape index (κ2) is 41.1. The van der Waals surface area contributed by atoms with Crippen LogP contribution >= 0.6 is 0 Å². The van der Waals surface area contributed by atoms with Gasteiger partial charge in [0.25, 0.3) is 0 Å². The van der Waals surface area contributed by atoms with E-state index in [1.165, 1.54) is 0 Å². The van der Waals surface area contributed by atoms with Gasteiger partial charge in [-0.25, -0.2) is 9.59 Å². The molecule has 0 aliphatic carbocycles. The minimum atomic E-state index is -1.47. The fraction of sp³-hybridized carbons (Fsp3) is 0.229. The minimum Gasteiger partial charge on any atom is -0.489 e. The van der Waals surface area contributed by atoms with Crippen LogP contribution in [0.2, 0.25) is 0 Å². The van der Waals surface area contributed by atoms with Crippen LogP contribution in [0.3, 0.4) is 0 Å². The first-order chi connectivity index (χ1) is 55.8. The van der Waals surface area contributed by atoms with Gasteiger partial charge >= 0.3 is 11.9 Å². The van der Waals surface area contributed by atoms with E-state index in [0.29, 0.717) is 11.5 Å². The lowest BCUT2D eigenvalue weighted by molar-refractivity contribution is -0.393. The molecule has 12 aromatic rings. The van der Waals surface area contributed by atoms with Crippen LogP contribution in [-0.4, -0.2) is 86.6 Å². The SMILES string of the molecule is O=C(OCC1O[C@H](O[C@H]2OC(COC(=O)c3ccc(OCc4ccccc4)cc3OCc3ccccc3)[C@@H](OCc3ccccc3)C(OCc3ccccc3)C2OCc2ccccc2)C(OCc2ccccc2)C(OCc2ccccc2)[C@@H]1OCc1ccccc1)c1ccc(OCc2ccccc2)cc1OCc1ccccc1. The van der Waals surface area contributed by atoms with Crippen molar-refractivity contribution in [1.29, 1.82) is 0 Å². The maximum absolute atomic E-state index is 15.2. The van der Waals surface area contributed by atoms with Crippen molar-refractivity contribution in [2.24, 2.45) is 0 Å². The summed E-state index contributed by atoms with van der Waals surface area (Å²) < 4.78 is 104. The molecule has 113 heavy (non-hydrogen) atoms. The van der Waals surface area contributed by atoms with Crippen LogP contribution in [0.1, 0.15) is 76.4 Å². The number of esters is 2. The lowest BCUT2D eigenvalue weighted by atomic mass is 9.96. The van der Waals surface area contributed by atoms with Crippen LogP contribution in [0.25, 0.3) is 0 Å². The highest BCUT2D eigenvalue weighted by Gasteiger charge is 2.55. The molecule has 2 saturated heterocycles. The van der Waals surface area contributed by atoms with Crippen molar-refractivity contribution in [2.75, 3.05) is 13.2 Å². The maximum Gasteiger partial charge on any atom is 0.342 e. The first kappa shape index (κ1) is 78.1. The van der Waals surface area contributed by atoms with Crippen molar-refractivity contribution in [2.45, 2.75) is 127 Å². The highest BCUT2D eigenvalue weighted by Crippen LogP contribution is 2.39. The molecule has 17 heteroatoms. The molecule has 10 atom stereocenters. The van der Waals surface area contributed by atoms with Crippen LogP contribution in [0.4, 0.5) is 0 Å². The third kappa shape index (κ3) is 22.8. The van der Waals surface area contributed by atoms with Gasteiger partial charge in [-0.3, -0.25) is 0 Å². The average molecular weight is 1520 g/mol. The molecule has 17 nitrogen and oxygen atoms in total. The van der Waals surface area contributed by atoms with E-state index in [-0.39, 0.29) is 88.7 Å². The summed E-state index contributed by atoms with van der Waals surface area (Å²) in [6.45, 7) is 0.439. The second-order valence-electron chi connectivity index (χ2n) is 27.4. The summed E-state index contributed by atoms with van der Waals surface area (Å²) in [6.07, 6.45) is -11.8. The summed E-state index contributed by atoms with van der Waals surface area (Å²) in [4.78, 5) is 30.4. The number of hydrogen-bond donors (Lipinski definition) is 0. The van der Waals surface area contributed by atoms with Crippen molar-refractivity contribution < 1.29 is 80.6 Å². The van der Waals surface area contributed by atoms with Gasteiger partial charge in [-0.05, 0) is 79.9 Å². The number of rotatable bonds is 38. The van der Waals surface area contributed by atoms with E-state index in [1.807, 2.05) is 303 Å². The number of carbonyl (C=O) groups excluding carboxylic acids is 2. The zero-order chi connectivity index (χ0) is 76.9. The Labute approximate surface area is 659 Å². The van der Waals surface area contributed by atoms with Gasteiger partial charge in [0.05, 0.1) is 39.6 Å². The quantitative estimate of drug-likeness (QED) is 0.0334. The molecule has 12 aromatic carbocycles. The third-order valence-electron chi connectivity index (χ3n) is 19.2. The fourth-order valence-electron chi connectivity index (χ4n) is 13.3. The van der Waals surface area contributed by atoms with Gasteiger partial charge in [0.2, 0.25) is 0 Å². The van der Waals surface area contributed by atoms with Crippen molar-refractivity contribution in [3.05, 3.63) is 406 Å². The smallest absolute Gasteiger partial charge is 0.342 e. The van der Waals surface area contributed by atoms with E-state index < -0.39 is 86.6 Å². The highest BCUT2D eigenvalue weighted by molar-refractivity contribution is 5.93. The Morgan fingerprint density at radius 1 is 0.239 bits per heavy atom. The van der Waals surface area contributed by atoms with Gasteiger partial charge in [0, 0.05) is 12.1 Å². The Hall–Kier alpha value is -11.6. The Kier molecular flexibility index (Phi) is 28.4. The normalized spacial score (nSPS) is 19.3. The Morgan fingerprint density at radius 3 is 0.717 bits per heavy atom. The lowest BCUT2D eigenvalue weighted by Crippen LogP contribution is -2.66. The fourth-order valence-corrected chi connectivity index (χ4v) is 13.3. The largest absolute Gasteiger partial charge is 0.489 e. The van der Waals surface area contributed by atoms with Crippen LogP contribution < -0.4 is 18.9 Å². The molecule has 2 aliphatic rings. The first-order valence-electron chi connectivity index (χ1n) is 38.0. The number of benzene rings is 12. The second-order valence-corrected chi connectivity index (χ2v) is 27.4. The van der Waals surface area contributed by atoms with E-state index in [2.05, 4.69) is 0 Å². The van der Waals surface area contributed by atoms with Crippen LogP contribution in [-0.2, 0) is 118 Å². The Balaban J connectivity index is 0.848. The number of ether oxygens (including phenoxy) is 15. The van der Waals surface area contributed by atoms with Gasteiger partial charge in [-0.15, -0.1) is 0 Å². The van der Waals surface area contributed by atoms with E-state index in [4.69, 9.17) is 71.1 Å². The predicted octanol–water partition coefficient (Wildman–Crippen LogP) is 18.0. The van der Waals surface area contributed by atoms with Gasteiger partial charge in [-0.1, -0.05) is 303 Å². The summed E-state index contributed by atoms with van der Waals surface area (Å²) in [6, 6.07) is 108. The zero-order valence-electron chi connectivity index (χ0n) is 62.5. The molecule has 2 heterocycles. The monoisotopic (exact) mass is 1510 g/mol. The Morgan fingerprint density at radius 2 is 0.460 bits per heavy atom. The summed E-state index contributed by atoms with van der Waals surface area (Å²) in [5, 5.41) is 0. The van der Waals surface area contributed by atoms with E-state index >= 15 is 9.59 Å². The number of carbonyl (C=O) groups is 2. The molecule has 2 aliphatic heterocycles. The van der Waals surface area contributed by atoms with Gasteiger partial charge < -0.3 is 71.1 Å². The molecule has 0 N–H and O–H groups in total. The zero-order valence-corrected chi connectivity index (χ0v) is 62.5. The standard InChI is InChI=1S/C96H90O17/c97-93(81-53-51-79(99-57-69-31-11-1-12-32-69)55-83(81)101-59-71-35-15-3-16-36-71)109-67-85-87(103-61-73-39-19-5-20-40-73)89(105-63-75-43-23-7-24-44-75)91(107-65-77-47-27-9-28-48-77)95(111-85)113-96-92(108-66-78-49-29-10-30-50-78)90(106-64-76-45-25-8-26-46-76)88(104-62-74-41-21-6-22-42-74)86(112-96)68-110-94(98)82-54-52-80(100-58-70-33-13-2-14-34-70)56-84(82)102-60-72-37-17-4-18-38-72/h1-56,85-92,95-96H,57-68H2/t85?,86?,87-,88-,89?,90?,91?,92?,95-,96-/m1/s1. The molecule has 2 fully saturated rings. The van der Waals surface area contributed by atoms with Crippen molar-refractivity contribution >= 4 is 11.9 Å². The van der Waals surface area contributed by atoms with E-state index in [0.717, 1.165) is 55.6 Å². The van der Waals surface area contributed by atoms with Gasteiger partial charge in [-0.2, -0.15) is 0 Å². The predicted molar refractivity (Wildman–Crippen MR) is 425 cm³/mol. The van der Waals surface area contributed by atoms with Crippen molar-refractivity contribution in [3.8, 4) is 23.0 Å². The van der Waals surface area contributed by atoms with Gasteiger partial charge in [0.1, 0.15) is 123 Å². The molecule has 0 bridgehead atoms. The molecule has 6 unspecified atom stereocenters. The van der Waals surface area contributed by atoms with Crippen LogP contribution in [0, 0.1) is 0 Å². The average Bonchev–Trinajstić information content (AvgIpc) is 0.768. The summed E-state index contributed by atoms with van der Waals surface area (Å²) >= 11 is 0. The molecule has 0 amide bonds. The maximum atomic E-state index is 15.2. The molecule has 0 aromatic heterocycles. The van der Waals surface area contributed by atoms with Crippen LogP contribution in [0.5, 0.6) is 23.0 Å². The summed E-state index contributed by atoms with van der Waals surface area (Å²) in [7, 11) is 0. The van der Waals surface area contributed by atoms with E-state index in [9.17, 15) is 0 Å². The third-order valence-corrected chi connectivity index (χ3v) is 19.2. The minimum absolute atomic E-state index is 0.0508. The first-order valence-corrected chi connectivity index (χ1v) is 38.0. The molecule has 0 saturated carbocycles. The summed E-state index contributed by atoms with van der Waals surface area (Å²) in [5.41, 5.74) is 9.03. The molecule has 576 valence electrons. The van der Waals surface area contributed by atoms with Crippen molar-refractivity contribution in [1.82, 2.24) is 0 Å². The van der Waals surface area contributed by atoms with Crippen LogP contribution in [0.15, 0.2) is 340 Å². The molecular formula is C96H90O17. The molecular weight excluding hydrogens is 1430 g/mol. The topological polar surface area (TPSA) is 173 Å². The molecule has 0 spiro atoms. The van der Waals surface area contributed by atoms with E-state index in [1.54, 1.807) is 36.4 Å². The lowest BCUT2D eigenvalue weighted by Gasteiger charge is -2.49. The highest BCUT2D eigenvalue weighted by atomic mass is 16.8. The van der Waals surface area contributed by atoms with Crippen molar-refractivity contribution in [3.63, 3.8) is 0 Å². The van der Waals surface area contributed by atoms with Gasteiger partial charge in [0.15, 0.2) is 12.6 Å². The Bertz CT molecular complexity index is 4490. The molecule has 0 radical (unpaired) electrons.